The molecule has 1 heterocycles. The van der Waals surface area contributed by atoms with Crippen molar-refractivity contribution in [2.45, 2.75) is 26.3 Å². The Labute approximate surface area is 93.2 Å². The first kappa shape index (κ1) is 11.5. The highest BCUT2D eigenvalue weighted by molar-refractivity contribution is 9.10. The van der Waals surface area contributed by atoms with Crippen LogP contribution in [-0.4, -0.2) is 17.6 Å². The normalized spacial score (nSPS) is 12.6. The Hall–Kier alpha value is -0.610. The topological polar surface area (TPSA) is 50.9 Å². The molecule has 0 radical (unpaired) electrons. The van der Waals surface area contributed by atoms with Crippen molar-refractivity contribution in [2.75, 3.05) is 11.9 Å². The minimum Gasteiger partial charge on any atom is -0.368 e. The van der Waals surface area contributed by atoms with Crippen LogP contribution < -0.4 is 11.1 Å². The second-order valence-electron chi connectivity index (χ2n) is 3.34. The smallest absolute Gasteiger partial charge is 0.140 e. The third kappa shape index (κ3) is 2.96. The minimum absolute atomic E-state index is 0.184. The molecular weight excluding hydrogens is 242 g/mol. The largest absolute Gasteiger partial charge is 0.368 e. The van der Waals surface area contributed by atoms with Crippen LogP contribution >= 0.6 is 15.9 Å². The number of pyridine rings is 1. The van der Waals surface area contributed by atoms with Gasteiger partial charge < -0.3 is 11.1 Å². The summed E-state index contributed by atoms with van der Waals surface area (Å²) in [6.07, 6.45) is 2.76. The highest BCUT2D eigenvalue weighted by Gasteiger charge is 2.04. The van der Waals surface area contributed by atoms with E-state index in [4.69, 9.17) is 5.73 Å². The van der Waals surface area contributed by atoms with E-state index in [0.29, 0.717) is 0 Å². The highest BCUT2D eigenvalue weighted by atomic mass is 79.9. The van der Waals surface area contributed by atoms with Crippen molar-refractivity contribution in [3.8, 4) is 0 Å². The van der Waals surface area contributed by atoms with Crippen LogP contribution in [0.4, 0.5) is 5.82 Å². The van der Waals surface area contributed by atoms with Crippen LogP contribution in [0.25, 0.3) is 0 Å². The lowest BCUT2D eigenvalue weighted by Crippen LogP contribution is -2.28. The van der Waals surface area contributed by atoms with E-state index in [1.54, 1.807) is 6.20 Å². The minimum atomic E-state index is 0.184. The second-order valence-corrected chi connectivity index (χ2v) is 4.13. The van der Waals surface area contributed by atoms with E-state index in [-0.39, 0.29) is 6.04 Å². The first-order chi connectivity index (χ1) is 6.65. The number of aromatic nitrogens is 1. The zero-order chi connectivity index (χ0) is 10.6. The fourth-order valence-corrected chi connectivity index (χ4v) is 1.41. The average molecular weight is 258 g/mol. The van der Waals surface area contributed by atoms with Crippen molar-refractivity contribution in [1.82, 2.24) is 4.98 Å². The zero-order valence-corrected chi connectivity index (χ0v) is 10.1. The lowest BCUT2D eigenvalue weighted by Gasteiger charge is -2.12. The molecule has 0 amide bonds. The summed E-state index contributed by atoms with van der Waals surface area (Å²) in [6.45, 7) is 4.87. The highest BCUT2D eigenvalue weighted by Crippen LogP contribution is 2.22. The van der Waals surface area contributed by atoms with Crippen molar-refractivity contribution < 1.29 is 0 Å². The number of hydrogen-bond donors (Lipinski definition) is 2. The molecule has 0 fully saturated rings. The van der Waals surface area contributed by atoms with E-state index in [1.165, 1.54) is 5.56 Å². The first-order valence-corrected chi connectivity index (χ1v) is 5.55. The van der Waals surface area contributed by atoms with Crippen molar-refractivity contribution in [1.29, 1.82) is 0 Å². The molecule has 78 valence electrons. The number of halogens is 1. The molecular formula is C10H16BrN3. The molecule has 1 aromatic rings. The van der Waals surface area contributed by atoms with Crippen LogP contribution in [0.2, 0.25) is 0 Å². The van der Waals surface area contributed by atoms with Gasteiger partial charge in [-0.15, -0.1) is 0 Å². The monoisotopic (exact) mass is 257 g/mol. The second kappa shape index (κ2) is 5.32. The standard InChI is InChI=1S/C10H16BrN3/c1-3-8(12)6-14-10-9(11)7(2)4-5-13-10/h4-5,8H,3,6,12H2,1-2H3,(H,13,14). The van der Waals surface area contributed by atoms with Gasteiger partial charge in [0.1, 0.15) is 5.82 Å². The van der Waals surface area contributed by atoms with Gasteiger partial charge in [-0.05, 0) is 40.9 Å². The molecule has 4 heteroatoms. The SMILES string of the molecule is CCC(N)CNc1nccc(C)c1Br. The van der Waals surface area contributed by atoms with E-state index in [9.17, 15) is 0 Å². The van der Waals surface area contributed by atoms with E-state index < -0.39 is 0 Å². The van der Waals surface area contributed by atoms with Gasteiger partial charge in [0.15, 0.2) is 0 Å². The third-order valence-electron chi connectivity index (χ3n) is 2.14. The van der Waals surface area contributed by atoms with Crippen LogP contribution in [0.5, 0.6) is 0 Å². The summed E-state index contributed by atoms with van der Waals surface area (Å²) in [6, 6.07) is 2.15. The lowest BCUT2D eigenvalue weighted by atomic mass is 10.2. The number of anilines is 1. The maximum absolute atomic E-state index is 5.80. The molecule has 0 bridgehead atoms. The molecule has 0 aliphatic carbocycles. The molecule has 1 aromatic heterocycles. The Balaban J connectivity index is 2.63. The van der Waals surface area contributed by atoms with Crippen LogP contribution in [0, 0.1) is 6.92 Å². The van der Waals surface area contributed by atoms with Gasteiger partial charge in [-0.3, -0.25) is 0 Å². The summed E-state index contributed by atoms with van der Waals surface area (Å²) >= 11 is 3.49. The van der Waals surface area contributed by atoms with Crippen LogP contribution in [0.15, 0.2) is 16.7 Å². The maximum Gasteiger partial charge on any atom is 0.140 e. The average Bonchev–Trinajstić information content (AvgIpc) is 2.20. The number of nitrogens with two attached hydrogens (primary N) is 1. The number of nitrogens with one attached hydrogen (secondary N) is 1. The van der Waals surface area contributed by atoms with Crippen molar-refractivity contribution in [3.63, 3.8) is 0 Å². The van der Waals surface area contributed by atoms with Gasteiger partial charge in [0.2, 0.25) is 0 Å². The molecule has 3 nitrogen and oxygen atoms in total. The zero-order valence-electron chi connectivity index (χ0n) is 8.55. The maximum atomic E-state index is 5.80. The van der Waals surface area contributed by atoms with Gasteiger partial charge in [0, 0.05) is 18.8 Å². The summed E-state index contributed by atoms with van der Waals surface area (Å²) in [5, 5.41) is 3.22. The summed E-state index contributed by atoms with van der Waals surface area (Å²) in [5.74, 6) is 0.869. The number of rotatable bonds is 4. The molecule has 3 N–H and O–H groups in total. The fourth-order valence-electron chi connectivity index (χ4n) is 1.04. The molecule has 1 rings (SSSR count). The molecule has 14 heavy (non-hydrogen) atoms. The van der Waals surface area contributed by atoms with Gasteiger partial charge >= 0.3 is 0 Å². The Morgan fingerprint density at radius 1 is 1.64 bits per heavy atom. The predicted octanol–water partition coefficient (Wildman–Crippen LogP) is 2.30. The molecule has 0 aromatic carbocycles. The predicted molar refractivity (Wildman–Crippen MR) is 63.4 cm³/mol. The fraction of sp³-hybridized carbons (Fsp3) is 0.500. The summed E-state index contributed by atoms with van der Waals surface area (Å²) in [5.41, 5.74) is 6.98. The number of nitrogens with zero attached hydrogens (tertiary/aromatic N) is 1. The Morgan fingerprint density at radius 3 is 3.00 bits per heavy atom. The van der Waals surface area contributed by atoms with Gasteiger partial charge in [-0.25, -0.2) is 4.98 Å². The van der Waals surface area contributed by atoms with Gasteiger partial charge in [-0.1, -0.05) is 6.92 Å². The Kier molecular flexibility index (Phi) is 4.35. The van der Waals surface area contributed by atoms with Crippen LogP contribution in [0.1, 0.15) is 18.9 Å². The van der Waals surface area contributed by atoms with Crippen molar-refractivity contribution in [2.24, 2.45) is 5.73 Å². The number of aryl methyl sites for hydroxylation is 1. The summed E-state index contributed by atoms with van der Waals surface area (Å²) < 4.78 is 1.02. The van der Waals surface area contributed by atoms with E-state index in [0.717, 1.165) is 23.3 Å². The third-order valence-corrected chi connectivity index (χ3v) is 3.14. The van der Waals surface area contributed by atoms with Crippen molar-refractivity contribution >= 4 is 21.7 Å². The van der Waals surface area contributed by atoms with Gasteiger partial charge in [-0.2, -0.15) is 0 Å². The summed E-state index contributed by atoms with van der Waals surface area (Å²) in [7, 11) is 0. The van der Waals surface area contributed by atoms with Crippen LogP contribution in [-0.2, 0) is 0 Å². The molecule has 0 aliphatic heterocycles. The molecule has 1 atom stereocenters. The molecule has 1 unspecified atom stereocenters. The molecule has 0 saturated heterocycles. The Bertz CT molecular complexity index is 301. The van der Waals surface area contributed by atoms with E-state index >= 15 is 0 Å². The van der Waals surface area contributed by atoms with Gasteiger partial charge in [0.25, 0.3) is 0 Å². The number of hydrogen-bond acceptors (Lipinski definition) is 3. The Morgan fingerprint density at radius 2 is 2.36 bits per heavy atom. The van der Waals surface area contributed by atoms with E-state index in [2.05, 4.69) is 33.2 Å². The van der Waals surface area contributed by atoms with Crippen molar-refractivity contribution in [3.05, 3.63) is 22.3 Å². The molecule has 0 spiro atoms. The van der Waals surface area contributed by atoms with Gasteiger partial charge in [0.05, 0.1) is 4.47 Å². The molecule has 0 aliphatic rings. The quantitative estimate of drug-likeness (QED) is 0.871. The first-order valence-electron chi connectivity index (χ1n) is 4.75. The lowest BCUT2D eigenvalue weighted by molar-refractivity contribution is 0.677. The van der Waals surface area contributed by atoms with E-state index in [1.807, 2.05) is 13.0 Å². The summed E-state index contributed by atoms with van der Waals surface area (Å²) in [4.78, 5) is 4.23. The van der Waals surface area contributed by atoms with Crippen LogP contribution in [0.3, 0.4) is 0 Å². The molecule has 0 saturated carbocycles.